The molecule has 0 aromatic heterocycles. The molecule has 15 heavy (non-hydrogen) atoms. The number of unbranched alkanes of at least 4 members (excludes halogenated alkanes) is 1. The zero-order valence-electron chi connectivity index (χ0n) is 9.20. The summed E-state index contributed by atoms with van der Waals surface area (Å²) in [5.74, 6) is 0.932. The molecule has 0 saturated heterocycles. The lowest BCUT2D eigenvalue weighted by atomic mass is 10.0. The molecule has 2 heteroatoms. The Morgan fingerprint density at radius 3 is 3.13 bits per heavy atom. The average Bonchev–Trinajstić information content (AvgIpc) is 2.73. The number of benzene rings is 1. The summed E-state index contributed by atoms with van der Waals surface area (Å²) in [6.07, 6.45) is 3.62. The van der Waals surface area contributed by atoms with E-state index in [1.807, 2.05) is 12.1 Å². The van der Waals surface area contributed by atoms with E-state index in [4.69, 9.17) is 4.74 Å². The van der Waals surface area contributed by atoms with Gasteiger partial charge in [0.15, 0.2) is 0 Å². The Kier molecular flexibility index (Phi) is 3.27. The molecule has 0 bridgehead atoms. The monoisotopic (exact) mass is 206 g/mol. The zero-order chi connectivity index (χ0) is 10.7. The molecule has 1 N–H and O–H groups in total. The molecule has 0 amide bonds. The minimum Gasteiger partial charge on any atom is -0.493 e. The fourth-order valence-corrected chi connectivity index (χ4v) is 2.06. The third-order valence-corrected chi connectivity index (χ3v) is 2.93. The molecule has 1 heterocycles. The summed E-state index contributed by atoms with van der Waals surface area (Å²) in [5, 5.41) is 10.0. The first-order valence-corrected chi connectivity index (χ1v) is 5.75. The molecule has 1 aliphatic rings. The van der Waals surface area contributed by atoms with Crippen LogP contribution in [0.4, 0.5) is 0 Å². The number of fused-ring (bicyclic) bond motifs is 1. The summed E-state index contributed by atoms with van der Waals surface area (Å²) in [6, 6.07) is 6.07. The van der Waals surface area contributed by atoms with Crippen LogP contribution in [0.3, 0.4) is 0 Å². The van der Waals surface area contributed by atoms with Gasteiger partial charge in [-0.25, -0.2) is 0 Å². The van der Waals surface area contributed by atoms with Gasteiger partial charge in [-0.1, -0.05) is 38.0 Å². The summed E-state index contributed by atoms with van der Waals surface area (Å²) < 4.78 is 5.57. The second-order valence-electron chi connectivity index (χ2n) is 4.09. The lowest BCUT2D eigenvalue weighted by Gasteiger charge is -2.13. The van der Waals surface area contributed by atoms with Gasteiger partial charge in [0.1, 0.15) is 5.75 Å². The summed E-state index contributed by atoms with van der Waals surface area (Å²) in [7, 11) is 0. The van der Waals surface area contributed by atoms with Crippen LogP contribution in [-0.4, -0.2) is 11.7 Å². The second-order valence-corrected chi connectivity index (χ2v) is 4.09. The van der Waals surface area contributed by atoms with Crippen LogP contribution in [0.2, 0.25) is 0 Å². The lowest BCUT2D eigenvalue weighted by Crippen LogP contribution is -2.00. The molecule has 0 radical (unpaired) electrons. The molecule has 0 fully saturated rings. The van der Waals surface area contributed by atoms with Gasteiger partial charge in [-0.15, -0.1) is 0 Å². The van der Waals surface area contributed by atoms with E-state index >= 15 is 0 Å². The zero-order valence-corrected chi connectivity index (χ0v) is 9.20. The van der Waals surface area contributed by atoms with Crippen LogP contribution in [0.5, 0.6) is 5.75 Å². The highest BCUT2D eigenvalue weighted by Crippen LogP contribution is 2.34. The molecule has 0 saturated carbocycles. The van der Waals surface area contributed by atoms with Crippen molar-refractivity contribution in [3.63, 3.8) is 0 Å². The van der Waals surface area contributed by atoms with Gasteiger partial charge in [-0.3, -0.25) is 0 Å². The summed E-state index contributed by atoms with van der Waals surface area (Å²) >= 11 is 0. The largest absolute Gasteiger partial charge is 0.493 e. The van der Waals surface area contributed by atoms with Crippen LogP contribution >= 0.6 is 0 Å². The highest BCUT2D eigenvalue weighted by molar-refractivity contribution is 5.45. The number of hydrogen-bond acceptors (Lipinski definition) is 2. The molecular formula is C13H18O2. The van der Waals surface area contributed by atoms with Crippen LogP contribution in [0.15, 0.2) is 18.2 Å². The van der Waals surface area contributed by atoms with Crippen molar-refractivity contribution in [3.8, 4) is 5.75 Å². The Labute approximate surface area is 90.9 Å². The Hall–Kier alpha value is -1.02. The molecule has 0 aliphatic carbocycles. The topological polar surface area (TPSA) is 29.5 Å². The maximum Gasteiger partial charge on any atom is 0.128 e. The van der Waals surface area contributed by atoms with Gasteiger partial charge in [0.25, 0.3) is 0 Å². The van der Waals surface area contributed by atoms with Crippen molar-refractivity contribution in [2.24, 2.45) is 0 Å². The van der Waals surface area contributed by atoms with Crippen LogP contribution in [0.1, 0.15) is 43.4 Å². The van der Waals surface area contributed by atoms with Crippen molar-refractivity contribution in [2.75, 3.05) is 6.61 Å². The predicted molar refractivity (Wildman–Crippen MR) is 60.1 cm³/mol. The second kappa shape index (κ2) is 4.67. The molecule has 82 valence electrons. The van der Waals surface area contributed by atoms with E-state index in [1.54, 1.807) is 0 Å². The molecule has 1 aromatic rings. The Bertz CT molecular complexity index is 333. The Balaban J connectivity index is 2.17. The summed E-state index contributed by atoms with van der Waals surface area (Å²) in [6.45, 7) is 2.89. The Morgan fingerprint density at radius 2 is 2.33 bits per heavy atom. The minimum atomic E-state index is -0.363. The van der Waals surface area contributed by atoms with E-state index in [0.717, 1.165) is 43.6 Å². The standard InChI is InChI=1S/C13H18O2/c1-2-3-7-12(14)11-6-4-5-10-8-9-15-13(10)11/h4-6,12,14H,2-3,7-9H2,1H3. The number of para-hydroxylation sites is 1. The van der Waals surface area contributed by atoms with Gasteiger partial charge in [0, 0.05) is 12.0 Å². The van der Waals surface area contributed by atoms with Gasteiger partial charge in [-0.2, -0.15) is 0 Å². The highest BCUT2D eigenvalue weighted by Gasteiger charge is 2.19. The summed E-state index contributed by atoms with van der Waals surface area (Å²) in [4.78, 5) is 0. The molecule has 1 aromatic carbocycles. The lowest BCUT2D eigenvalue weighted by molar-refractivity contribution is 0.160. The fraction of sp³-hybridized carbons (Fsp3) is 0.538. The number of aliphatic hydroxyl groups is 1. The molecule has 1 unspecified atom stereocenters. The van der Waals surface area contributed by atoms with Gasteiger partial charge >= 0.3 is 0 Å². The van der Waals surface area contributed by atoms with Gasteiger partial charge in [0.2, 0.25) is 0 Å². The molecular weight excluding hydrogens is 188 g/mol. The van der Waals surface area contributed by atoms with Gasteiger partial charge in [0.05, 0.1) is 12.7 Å². The van der Waals surface area contributed by atoms with E-state index < -0.39 is 0 Å². The molecule has 0 spiro atoms. The van der Waals surface area contributed by atoms with E-state index in [1.165, 1.54) is 5.56 Å². The van der Waals surface area contributed by atoms with Crippen molar-refractivity contribution < 1.29 is 9.84 Å². The van der Waals surface area contributed by atoms with E-state index in [2.05, 4.69) is 13.0 Å². The van der Waals surface area contributed by atoms with Crippen LogP contribution < -0.4 is 4.74 Å². The third-order valence-electron chi connectivity index (χ3n) is 2.93. The number of hydrogen-bond donors (Lipinski definition) is 1. The average molecular weight is 206 g/mol. The smallest absolute Gasteiger partial charge is 0.128 e. The third kappa shape index (κ3) is 2.15. The maximum atomic E-state index is 10.0. The fourth-order valence-electron chi connectivity index (χ4n) is 2.06. The minimum absolute atomic E-state index is 0.363. The van der Waals surface area contributed by atoms with E-state index in [-0.39, 0.29) is 6.10 Å². The highest BCUT2D eigenvalue weighted by atomic mass is 16.5. The maximum absolute atomic E-state index is 10.0. The first-order chi connectivity index (χ1) is 7.33. The van der Waals surface area contributed by atoms with Gasteiger partial charge < -0.3 is 9.84 Å². The molecule has 2 rings (SSSR count). The first-order valence-electron chi connectivity index (χ1n) is 5.75. The molecule has 1 aliphatic heterocycles. The van der Waals surface area contributed by atoms with Crippen LogP contribution in [0, 0.1) is 0 Å². The predicted octanol–water partition coefficient (Wildman–Crippen LogP) is 2.85. The SMILES string of the molecule is CCCCC(O)c1cccc2c1OCC2. The van der Waals surface area contributed by atoms with Crippen molar-refractivity contribution in [2.45, 2.75) is 38.7 Å². The van der Waals surface area contributed by atoms with Crippen molar-refractivity contribution in [3.05, 3.63) is 29.3 Å². The Morgan fingerprint density at radius 1 is 1.47 bits per heavy atom. The van der Waals surface area contributed by atoms with E-state index in [0.29, 0.717) is 0 Å². The number of aliphatic hydroxyl groups excluding tert-OH is 1. The van der Waals surface area contributed by atoms with Crippen LogP contribution in [0.25, 0.3) is 0 Å². The van der Waals surface area contributed by atoms with E-state index in [9.17, 15) is 5.11 Å². The van der Waals surface area contributed by atoms with Crippen molar-refractivity contribution >= 4 is 0 Å². The number of rotatable bonds is 4. The number of ether oxygens (including phenoxy) is 1. The summed E-state index contributed by atoms with van der Waals surface area (Å²) in [5.41, 5.74) is 2.21. The quantitative estimate of drug-likeness (QED) is 0.820. The van der Waals surface area contributed by atoms with Crippen molar-refractivity contribution in [1.82, 2.24) is 0 Å². The molecule has 1 atom stereocenters. The molecule has 2 nitrogen and oxygen atoms in total. The normalized spacial score (nSPS) is 15.9. The first kappa shape index (κ1) is 10.5. The van der Waals surface area contributed by atoms with Crippen LogP contribution in [-0.2, 0) is 6.42 Å². The van der Waals surface area contributed by atoms with Crippen molar-refractivity contribution in [1.29, 1.82) is 0 Å². The van der Waals surface area contributed by atoms with Gasteiger partial charge in [-0.05, 0) is 12.0 Å².